The van der Waals surface area contributed by atoms with Crippen LogP contribution in [0.4, 0.5) is 0 Å². The van der Waals surface area contributed by atoms with E-state index in [0.717, 1.165) is 0 Å². The van der Waals surface area contributed by atoms with Crippen LogP contribution in [0.15, 0.2) is 41.2 Å². The van der Waals surface area contributed by atoms with Gasteiger partial charge in [0.2, 0.25) is 0 Å². The van der Waals surface area contributed by atoms with E-state index in [0.29, 0.717) is 17.0 Å². The number of ketones is 1. The number of pyridine rings is 1. The van der Waals surface area contributed by atoms with Gasteiger partial charge in [0, 0.05) is 18.8 Å². The zero-order valence-electron chi connectivity index (χ0n) is 14.8. The first-order valence-corrected chi connectivity index (χ1v) is 7.81. The zero-order valence-corrected chi connectivity index (χ0v) is 14.8. The monoisotopic (exact) mass is 356 g/mol. The van der Waals surface area contributed by atoms with Crippen LogP contribution in [0.5, 0.6) is 11.5 Å². The molecule has 0 saturated carbocycles. The van der Waals surface area contributed by atoms with Crippen LogP contribution >= 0.6 is 0 Å². The number of primary amides is 1. The minimum atomic E-state index is -0.580. The highest BCUT2D eigenvalue weighted by Gasteiger charge is 2.17. The summed E-state index contributed by atoms with van der Waals surface area (Å²) in [5.74, 6) is -0.365. The van der Waals surface area contributed by atoms with Gasteiger partial charge in [0.25, 0.3) is 11.5 Å². The molecule has 0 aliphatic carbocycles. The number of benzene rings is 1. The Morgan fingerprint density at radius 3 is 2.65 bits per heavy atom. The Hall–Kier alpha value is -3.35. The van der Waals surface area contributed by atoms with Gasteiger partial charge in [-0.3, -0.25) is 14.4 Å². The summed E-state index contributed by atoms with van der Waals surface area (Å²) in [6, 6.07) is 8.43. The molecule has 1 amide bonds. The number of aromatic nitrogens is 1. The second-order valence-electron chi connectivity index (χ2n) is 5.62. The Labute approximate surface area is 150 Å². The van der Waals surface area contributed by atoms with Gasteiger partial charge in [-0.05, 0) is 30.7 Å². The van der Waals surface area contributed by atoms with Crippen molar-refractivity contribution in [3.63, 3.8) is 0 Å². The van der Waals surface area contributed by atoms with E-state index in [4.69, 9.17) is 15.2 Å². The molecule has 1 aromatic carbocycles. The van der Waals surface area contributed by atoms with E-state index in [9.17, 15) is 14.4 Å². The van der Waals surface area contributed by atoms with Crippen molar-refractivity contribution in [2.24, 2.45) is 12.8 Å². The third-order valence-corrected chi connectivity index (χ3v) is 3.77. The van der Waals surface area contributed by atoms with Crippen LogP contribution in [0.3, 0.4) is 0 Å². The maximum absolute atomic E-state index is 12.5. The maximum atomic E-state index is 12.5. The first-order chi connectivity index (χ1) is 12.3. The van der Waals surface area contributed by atoms with E-state index >= 15 is 0 Å². The quantitative estimate of drug-likeness (QED) is 0.598. The number of methoxy groups -OCH3 is 1. The predicted molar refractivity (Wildman–Crippen MR) is 97.5 cm³/mol. The van der Waals surface area contributed by atoms with E-state index < -0.39 is 17.2 Å². The molecule has 0 bridgehead atoms. The van der Waals surface area contributed by atoms with Crippen molar-refractivity contribution in [3.8, 4) is 11.5 Å². The van der Waals surface area contributed by atoms with Gasteiger partial charge in [0.05, 0.1) is 7.11 Å². The van der Waals surface area contributed by atoms with Gasteiger partial charge >= 0.3 is 0 Å². The van der Waals surface area contributed by atoms with Crippen molar-refractivity contribution in [2.75, 3.05) is 13.7 Å². The van der Waals surface area contributed by atoms with Crippen molar-refractivity contribution >= 4 is 17.8 Å². The molecule has 1 aromatic heterocycles. The summed E-state index contributed by atoms with van der Waals surface area (Å²) in [6.45, 7) is 1.52. The highest BCUT2D eigenvalue weighted by molar-refractivity contribution is 6.08. The summed E-state index contributed by atoms with van der Waals surface area (Å²) in [4.78, 5) is 35.7. The highest BCUT2D eigenvalue weighted by Crippen LogP contribution is 2.18. The van der Waals surface area contributed by atoms with Gasteiger partial charge in [-0.15, -0.1) is 0 Å². The van der Waals surface area contributed by atoms with E-state index in [1.165, 1.54) is 17.8 Å². The normalized spacial score (nSPS) is 10.7. The molecule has 7 heteroatoms. The van der Waals surface area contributed by atoms with Crippen molar-refractivity contribution in [1.29, 1.82) is 0 Å². The average molecular weight is 356 g/mol. The summed E-state index contributed by atoms with van der Waals surface area (Å²) in [6.07, 6.45) is 2.85. The lowest BCUT2D eigenvalue weighted by Crippen LogP contribution is -2.26. The fraction of sp³-hybridized carbons (Fsp3) is 0.211. The van der Waals surface area contributed by atoms with Crippen molar-refractivity contribution in [2.45, 2.75) is 6.92 Å². The second-order valence-corrected chi connectivity index (χ2v) is 5.62. The van der Waals surface area contributed by atoms with Crippen molar-refractivity contribution in [1.82, 2.24) is 4.57 Å². The number of amides is 1. The standard InChI is InChI=1S/C19H20N2O5/c1-12-9-16(25-3)18(19(24)21(12)2)15(22)8-7-13-5-4-6-14(10-13)26-11-17(20)23/h4-10H,11H2,1-3H3,(H2,20,23). The number of rotatable bonds is 7. The molecule has 0 fully saturated rings. The fourth-order valence-corrected chi connectivity index (χ4v) is 2.30. The number of allylic oxidation sites excluding steroid dienone is 1. The van der Waals surface area contributed by atoms with Crippen LogP contribution in [0.1, 0.15) is 21.6 Å². The minimum Gasteiger partial charge on any atom is -0.496 e. The molecule has 26 heavy (non-hydrogen) atoms. The number of carbonyl (C=O) groups excluding carboxylic acids is 2. The van der Waals surface area contributed by atoms with E-state index in [2.05, 4.69) is 0 Å². The molecular formula is C19H20N2O5. The van der Waals surface area contributed by atoms with Crippen molar-refractivity contribution < 1.29 is 19.1 Å². The molecule has 0 saturated heterocycles. The van der Waals surface area contributed by atoms with Gasteiger partial charge in [0.15, 0.2) is 12.4 Å². The smallest absolute Gasteiger partial charge is 0.265 e. The molecular weight excluding hydrogens is 336 g/mol. The summed E-state index contributed by atoms with van der Waals surface area (Å²) in [7, 11) is 3.01. The maximum Gasteiger partial charge on any atom is 0.265 e. The van der Waals surface area contributed by atoms with Crippen LogP contribution in [0.25, 0.3) is 6.08 Å². The molecule has 136 valence electrons. The summed E-state index contributed by atoms with van der Waals surface area (Å²) < 4.78 is 11.8. The molecule has 1 heterocycles. The molecule has 0 aliphatic heterocycles. The third-order valence-electron chi connectivity index (χ3n) is 3.77. The van der Waals surface area contributed by atoms with Gasteiger partial charge in [-0.1, -0.05) is 18.2 Å². The van der Waals surface area contributed by atoms with Gasteiger partial charge in [-0.25, -0.2) is 0 Å². The average Bonchev–Trinajstić information content (AvgIpc) is 2.62. The van der Waals surface area contributed by atoms with Crippen LogP contribution in [0, 0.1) is 6.92 Å². The van der Waals surface area contributed by atoms with E-state index in [1.807, 2.05) is 0 Å². The minimum absolute atomic E-state index is 0.0296. The highest BCUT2D eigenvalue weighted by atomic mass is 16.5. The fourth-order valence-electron chi connectivity index (χ4n) is 2.30. The molecule has 0 aliphatic rings. The SMILES string of the molecule is COc1cc(C)n(C)c(=O)c1C(=O)C=Cc1cccc(OCC(N)=O)c1. The number of nitrogens with two attached hydrogens (primary N) is 1. The number of hydrogen-bond donors (Lipinski definition) is 1. The summed E-state index contributed by atoms with van der Waals surface area (Å²) in [5, 5.41) is 0. The summed E-state index contributed by atoms with van der Waals surface area (Å²) >= 11 is 0. The van der Waals surface area contributed by atoms with Crippen LogP contribution in [-0.2, 0) is 11.8 Å². The largest absolute Gasteiger partial charge is 0.496 e. The van der Waals surface area contributed by atoms with Gasteiger partial charge < -0.3 is 19.8 Å². The molecule has 2 rings (SSSR count). The lowest BCUT2D eigenvalue weighted by atomic mass is 10.1. The third kappa shape index (κ3) is 4.38. The second kappa shape index (κ2) is 8.15. The Morgan fingerprint density at radius 1 is 1.27 bits per heavy atom. The van der Waals surface area contributed by atoms with Crippen LogP contribution in [-0.4, -0.2) is 30.0 Å². The lowest BCUT2D eigenvalue weighted by Gasteiger charge is -2.10. The summed E-state index contributed by atoms with van der Waals surface area (Å²) in [5.41, 5.74) is 5.94. The molecule has 0 unspecified atom stereocenters. The zero-order chi connectivity index (χ0) is 19.3. The topological polar surface area (TPSA) is 101 Å². The number of aryl methyl sites for hydroxylation is 1. The number of hydrogen-bond acceptors (Lipinski definition) is 5. The Balaban J connectivity index is 2.28. The Morgan fingerprint density at radius 2 is 2.00 bits per heavy atom. The molecule has 0 atom stereocenters. The number of carbonyl (C=O) groups is 2. The van der Waals surface area contributed by atoms with Crippen LogP contribution in [0.2, 0.25) is 0 Å². The molecule has 2 aromatic rings. The molecule has 0 spiro atoms. The van der Waals surface area contributed by atoms with Crippen LogP contribution < -0.4 is 20.8 Å². The number of nitrogens with zero attached hydrogens (tertiary/aromatic N) is 1. The lowest BCUT2D eigenvalue weighted by molar-refractivity contribution is -0.119. The first-order valence-electron chi connectivity index (χ1n) is 7.81. The Kier molecular flexibility index (Phi) is 5.95. The molecule has 2 N–H and O–H groups in total. The van der Waals surface area contributed by atoms with Gasteiger partial charge in [-0.2, -0.15) is 0 Å². The Bertz CT molecular complexity index is 928. The molecule has 0 radical (unpaired) electrons. The predicted octanol–water partition coefficient (Wildman–Crippen LogP) is 1.46. The molecule has 7 nitrogen and oxygen atoms in total. The van der Waals surface area contributed by atoms with E-state index in [-0.39, 0.29) is 17.9 Å². The number of ether oxygens (including phenoxy) is 2. The van der Waals surface area contributed by atoms with E-state index in [1.54, 1.807) is 50.4 Å². The van der Waals surface area contributed by atoms with Gasteiger partial charge in [0.1, 0.15) is 17.1 Å². The first kappa shape index (κ1) is 19.0. The van der Waals surface area contributed by atoms with Crippen molar-refractivity contribution in [3.05, 3.63) is 63.6 Å².